The van der Waals surface area contributed by atoms with Crippen LogP contribution in [0.25, 0.3) is 0 Å². The number of nitrogens with zero attached hydrogens (tertiary/aromatic N) is 1. The van der Waals surface area contributed by atoms with Crippen LogP contribution in [0.5, 0.6) is 0 Å². The average molecular weight is 286 g/mol. The lowest BCUT2D eigenvalue weighted by molar-refractivity contribution is 0.173. The minimum absolute atomic E-state index is 0.0436. The van der Waals surface area contributed by atoms with E-state index in [2.05, 4.69) is 4.72 Å². The lowest BCUT2D eigenvalue weighted by Gasteiger charge is -2.12. The van der Waals surface area contributed by atoms with Gasteiger partial charge in [-0.25, -0.2) is 13.1 Å². The summed E-state index contributed by atoms with van der Waals surface area (Å²) in [7, 11) is -1.72. The molecule has 1 atom stereocenters. The van der Waals surface area contributed by atoms with Gasteiger partial charge in [0.05, 0.1) is 0 Å². The maximum Gasteiger partial charge on any atom is 0.250 e. The fourth-order valence-electron chi connectivity index (χ4n) is 1.60. The molecule has 2 aromatic rings. The van der Waals surface area contributed by atoms with E-state index in [-0.39, 0.29) is 10.8 Å². The van der Waals surface area contributed by atoms with Crippen LogP contribution in [-0.4, -0.2) is 24.6 Å². The highest BCUT2D eigenvalue weighted by Crippen LogP contribution is 2.17. The molecule has 2 aromatic heterocycles. The molecule has 0 bridgehead atoms. The Morgan fingerprint density at radius 2 is 2.22 bits per heavy atom. The van der Waals surface area contributed by atoms with E-state index in [1.807, 2.05) is 0 Å². The SMILES string of the molecule is Cn1cccc1[C@@H](O)CNS(=O)(=O)c1cccs1. The third-order valence-electron chi connectivity index (χ3n) is 2.55. The second kappa shape index (κ2) is 5.23. The molecule has 0 unspecified atom stereocenters. The topological polar surface area (TPSA) is 71.3 Å². The first-order chi connectivity index (χ1) is 8.50. The summed E-state index contributed by atoms with van der Waals surface area (Å²) >= 11 is 1.14. The Kier molecular flexibility index (Phi) is 3.86. The molecule has 0 fully saturated rings. The summed E-state index contributed by atoms with van der Waals surface area (Å²) in [4.78, 5) is 0. The van der Waals surface area contributed by atoms with Gasteiger partial charge in [0.15, 0.2) is 0 Å². The Bertz CT molecular complexity index is 602. The van der Waals surface area contributed by atoms with Crippen molar-refractivity contribution in [3.8, 4) is 0 Å². The number of hydrogen-bond donors (Lipinski definition) is 2. The van der Waals surface area contributed by atoms with E-state index < -0.39 is 16.1 Å². The summed E-state index contributed by atoms with van der Waals surface area (Å²) in [6.45, 7) is -0.0436. The van der Waals surface area contributed by atoms with E-state index in [1.165, 1.54) is 6.07 Å². The molecule has 18 heavy (non-hydrogen) atoms. The van der Waals surface area contributed by atoms with Crippen LogP contribution in [0.3, 0.4) is 0 Å². The van der Waals surface area contributed by atoms with E-state index in [4.69, 9.17) is 0 Å². The zero-order valence-electron chi connectivity index (χ0n) is 9.78. The third-order valence-corrected chi connectivity index (χ3v) is 5.37. The van der Waals surface area contributed by atoms with Crippen molar-refractivity contribution in [2.45, 2.75) is 10.3 Å². The van der Waals surface area contributed by atoms with Gasteiger partial charge in [-0.15, -0.1) is 11.3 Å². The standard InChI is InChI=1S/C11H14N2O3S2/c1-13-6-2-4-9(13)10(14)8-12-18(15,16)11-5-3-7-17-11/h2-7,10,12,14H,8H2,1H3/t10-/m0/s1. The molecule has 0 aliphatic carbocycles. The van der Waals surface area contributed by atoms with Gasteiger partial charge in [-0.1, -0.05) is 6.07 Å². The van der Waals surface area contributed by atoms with Crippen LogP contribution in [-0.2, 0) is 17.1 Å². The first kappa shape index (κ1) is 13.3. The molecule has 0 aromatic carbocycles. The van der Waals surface area contributed by atoms with Crippen LogP contribution in [0.4, 0.5) is 0 Å². The Labute approximate surface area is 110 Å². The highest BCUT2D eigenvalue weighted by atomic mass is 32.2. The molecule has 2 heterocycles. The van der Waals surface area contributed by atoms with Gasteiger partial charge >= 0.3 is 0 Å². The number of aliphatic hydroxyl groups excluding tert-OH is 1. The number of rotatable bonds is 5. The first-order valence-electron chi connectivity index (χ1n) is 5.33. The molecular weight excluding hydrogens is 272 g/mol. The molecule has 0 aliphatic rings. The van der Waals surface area contributed by atoms with Crippen molar-refractivity contribution in [3.05, 3.63) is 41.5 Å². The van der Waals surface area contributed by atoms with Crippen LogP contribution in [0.15, 0.2) is 40.1 Å². The van der Waals surface area contributed by atoms with Crippen LogP contribution >= 0.6 is 11.3 Å². The Hall–Kier alpha value is -1.15. The minimum Gasteiger partial charge on any atom is -0.386 e. The van der Waals surface area contributed by atoms with Crippen LogP contribution in [0.1, 0.15) is 11.8 Å². The van der Waals surface area contributed by atoms with E-state index in [1.54, 1.807) is 41.4 Å². The van der Waals surface area contributed by atoms with Crippen molar-refractivity contribution >= 4 is 21.4 Å². The molecule has 0 saturated carbocycles. The first-order valence-corrected chi connectivity index (χ1v) is 7.69. The van der Waals surface area contributed by atoms with Crippen molar-refractivity contribution in [1.82, 2.24) is 9.29 Å². The second-order valence-electron chi connectivity index (χ2n) is 3.84. The second-order valence-corrected chi connectivity index (χ2v) is 6.79. The predicted octanol–water partition coefficient (Wildman–Crippen LogP) is 1.10. The van der Waals surface area contributed by atoms with Crippen molar-refractivity contribution < 1.29 is 13.5 Å². The quantitative estimate of drug-likeness (QED) is 0.864. The predicted molar refractivity (Wildman–Crippen MR) is 69.9 cm³/mol. The van der Waals surface area contributed by atoms with E-state index in [0.29, 0.717) is 5.69 Å². The van der Waals surface area contributed by atoms with Crippen molar-refractivity contribution in [2.75, 3.05) is 6.54 Å². The number of aryl methyl sites for hydroxylation is 1. The monoisotopic (exact) mass is 286 g/mol. The molecule has 2 rings (SSSR count). The lowest BCUT2D eigenvalue weighted by Crippen LogP contribution is -2.28. The molecule has 7 heteroatoms. The van der Waals surface area contributed by atoms with Crippen molar-refractivity contribution in [2.24, 2.45) is 7.05 Å². The molecule has 0 radical (unpaired) electrons. The largest absolute Gasteiger partial charge is 0.386 e. The summed E-state index contributed by atoms with van der Waals surface area (Å²) < 4.78 is 28.1. The smallest absolute Gasteiger partial charge is 0.250 e. The maximum atomic E-state index is 11.8. The maximum absolute atomic E-state index is 11.8. The number of aliphatic hydroxyl groups is 1. The number of sulfonamides is 1. The zero-order valence-corrected chi connectivity index (χ0v) is 11.4. The summed E-state index contributed by atoms with van der Waals surface area (Å²) in [5.41, 5.74) is 0.670. The lowest BCUT2D eigenvalue weighted by atomic mass is 10.2. The molecule has 98 valence electrons. The van der Waals surface area contributed by atoms with Crippen LogP contribution in [0.2, 0.25) is 0 Å². The van der Waals surface area contributed by atoms with Gasteiger partial charge in [0, 0.05) is 25.5 Å². The molecule has 0 spiro atoms. The molecule has 2 N–H and O–H groups in total. The van der Waals surface area contributed by atoms with Crippen LogP contribution < -0.4 is 4.72 Å². The Morgan fingerprint density at radius 1 is 1.44 bits per heavy atom. The van der Waals surface area contributed by atoms with Crippen molar-refractivity contribution in [1.29, 1.82) is 0 Å². The average Bonchev–Trinajstić information content (AvgIpc) is 2.96. The summed E-state index contributed by atoms with van der Waals surface area (Å²) in [6, 6.07) is 6.76. The number of hydrogen-bond acceptors (Lipinski definition) is 4. The Balaban J connectivity index is 2.03. The minimum atomic E-state index is -3.52. The fraction of sp³-hybridized carbons (Fsp3) is 0.273. The number of thiophene rings is 1. The van der Waals surface area contributed by atoms with E-state index >= 15 is 0 Å². The molecule has 0 aliphatic heterocycles. The summed E-state index contributed by atoms with van der Waals surface area (Å²) in [5, 5.41) is 11.6. The van der Waals surface area contributed by atoms with Gasteiger partial charge < -0.3 is 9.67 Å². The highest BCUT2D eigenvalue weighted by molar-refractivity contribution is 7.91. The molecule has 0 saturated heterocycles. The summed E-state index contributed by atoms with van der Waals surface area (Å²) in [6.07, 6.45) is 0.937. The van der Waals surface area contributed by atoms with Crippen molar-refractivity contribution in [3.63, 3.8) is 0 Å². The van der Waals surface area contributed by atoms with E-state index in [9.17, 15) is 13.5 Å². The zero-order chi connectivity index (χ0) is 13.2. The van der Waals surface area contributed by atoms with Gasteiger partial charge in [-0.05, 0) is 23.6 Å². The highest BCUT2D eigenvalue weighted by Gasteiger charge is 2.18. The van der Waals surface area contributed by atoms with Gasteiger partial charge in [-0.3, -0.25) is 0 Å². The molecule has 5 nitrogen and oxygen atoms in total. The fourth-order valence-corrected chi connectivity index (χ4v) is 3.68. The number of aromatic nitrogens is 1. The van der Waals surface area contributed by atoms with E-state index in [0.717, 1.165) is 11.3 Å². The van der Waals surface area contributed by atoms with Gasteiger partial charge in [0.25, 0.3) is 0 Å². The van der Waals surface area contributed by atoms with Crippen LogP contribution in [0, 0.1) is 0 Å². The summed E-state index contributed by atoms with van der Waals surface area (Å²) in [5.74, 6) is 0. The van der Waals surface area contributed by atoms with Gasteiger partial charge in [-0.2, -0.15) is 0 Å². The third kappa shape index (κ3) is 2.81. The van der Waals surface area contributed by atoms with Gasteiger partial charge in [0.1, 0.15) is 10.3 Å². The van der Waals surface area contributed by atoms with Gasteiger partial charge in [0.2, 0.25) is 10.0 Å². The molecular formula is C11H14N2O3S2. The Morgan fingerprint density at radius 3 is 2.78 bits per heavy atom. The number of nitrogens with one attached hydrogen (secondary N) is 1. The normalized spacial score (nSPS) is 13.7. The molecule has 0 amide bonds.